The average Bonchev–Trinajstić information content (AvgIpc) is 3.09. The van der Waals surface area contributed by atoms with Crippen LogP contribution in [0, 0.1) is 46.3 Å². The van der Waals surface area contributed by atoms with Crippen molar-refractivity contribution in [3.63, 3.8) is 0 Å². The summed E-state index contributed by atoms with van der Waals surface area (Å²) in [7, 11) is 0. The molecule has 4 saturated carbocycles. The minimum absolute atomic E-state index is 0.0104. The number of fused-ring (bicyclic) bond motifs is 5. The molecule has 0 saturated heterocycles. The fraction of sp³-hybridized carbons (Fsp3) is 0.926. The van der Waals surface area contributed by atoms with E-state index in [0.29, 0.717) is 41.9 Å². The lowest BCUT2D eigenvalue weighted by Crippen LogP contribution is -2.58. The molecule has 0 aromatic carbocycles. The Morgan fingerprint density at radius 1 is 1.00 bits per heavy atom. The van der Waals surface area contributed by atoms with Gasteiger partial charge in [0.15, 0.2) is 0 Å². The zero-order valence-corrected chi connectivity index (χ0v) is 20.6. The highest BCUT2D eigenvalue weighted by Crippen LogP contribution is 2.68. The van der Waals surface area contributed by atoms with Crippen molar-refractivity contribution in [3.8, 4) is 0 Å². The number of aliphatic hydroxyl groups excluding tert-OH is 2. The molecule has 0 radical (unpaired) electrons. The molecule has 0 aromatic heterocycles. The number of amides is 1. The summed E-state index contributed by atoms with van der Waals surface area (Å²) in [5.74, 6) is 3.03. The van der Waals surface area contributed by atoms with Gasteiger partial charge in [-0.05, 0) is 111 Å². The lowest BCUT2D eigenvalue weighted by Gasteiger charge is -2.62. The van der Waals surface area contributed by atoms with Crippen LogP contribution in [0.1, 0.15) is 91.9 Å². The van der Waals surface area contributed by atoms with Crippen LogP contribution >= 0.6 is 0 Å². The molecule has 32 heavy (non-hydrogen) atoms. The molecule has 10 atom stereocenters. The van der Waals surface area contributed by atoms with E-state index in [9.17, 15) is 19.8 Å². The summed E-state index contributed by atoms with van der Waals surface area (Å²) in [6, 6.07) is 0. The van der Waals surface area contributed by atoms with Gasteiger partial charge in [-0.15, -0.1) is 0 Å². The largest absolute Gasteiger partial charge is 0.393 e. The molecule has 0 unspecified atom stereocenters. The molecule has 0 heterocycles. The average molecular weight is 448 g/mol. The predicted molar refractivity (Wildman–Crippen MR) is 125 cm³/mol. The summed E-state index contributed by atoms with van der Waals surface area (Å²) in [4.78, 5) is 23.3. The van der Waals surface area contributed by atoms with Crippen LogP contribution in [0.3, 0.4) is 0 Å². The van der Waals surface area contributed by atoms with Gasteiger partial charge in [0.05, 0.1) is 18.8 Å². The van der Waals surface area contributed by atoms with Crippen molar-refractivity contribution >= 4 is 11.7 Å². The Morgan fingerprint density at radius 2 is 1.69 bits per heavy atom. The van der Waals surface area contributed by atoms with Crippen LogP contribution in [0.2, 0.25) is 0 Å². The SMILES string of the molecule is CC(=O)CNC(=O)CC[C@@H](C)[C@H]1CC[C@H]2[C@@H]3[C@@H](O)C[C@@H]4C[C@H](O)CC[C@]4(C)[C@H]3CC[C@]12C. The molecule has 0 aliphatic heterocycles. The number of nitrogens with one attached hydrogen (secondary N) is 1. The maximum absolute atomic E-state index is 12.1. The van der Waals surface area contributed by atoms with E-state index in [1.807, 2.05) is 0 Å². The third-order valence-corrected chi connectivity index (χ3v) is 10.8. The second kappa shape index (κ2) is 9.02. The third kappa shape index (κ3) is 4.17. The zero-order chi connectivity index (χ0) is 23.3. The molecular weight excluding hydrogens is 402 g/mol. The first kappa shape index (κ1) is 24.2. The van der Waals surface area contributed by atoms with E-state index in [2.05, 4.69) is 26.1 Å². The second-order valence-electron chi connectivity index (χ2n) is 12.4. The summed E-state index contributed by atoms with van der Waals surface area (Å²) in [6.45, 7) is 8.87. The minimum atomic E-state index is -0.237. The van der Waals surface area contributed by atoms with Crippen LogP contribution in [-0.4, -0.2) is 40.7 Å². The maximum atomic E-state index is 12.1. The molecule has 0 spiro atoms. The summed E-state index contributed by atoms with van der Waals surface area (Å²) >= 11 is 0. The second-order valence-corrected chi connectivity index (χ2v) is 12.4. The van der Waals surface area contributed by atoms with Gasteiger partial charge in [0.2, 0.25) is 5.91 Å². The highest BCUT2D eigenvalue weighted by molar-refractivity contribution is 5.84. The van der Waals surface area contributed by atoms with Gasteiger partial charge in [0, 0.05) is 6.42 Å². The predicted octanol–water partition coefficient (Wildman–Crippen LogP) is 4.10. The van der Waals surface area contributed by atoms with Crippen molar-refractivity contribution < 1.29 is 19.8 Å². The van der Waals surface area contributed by atoms with Gasteiger partial charge in [-0.25, -0.2) is 0 Å². The van der Waals surface area contributed by atoms with E-state index in [1.54, 1.807) is 0 Å². The molecule has 1 amide bonds. The monoisotopic (exact) mass is 447 g/mol. The third-order valence-electron chi connectivity index (χ3n) is 10.8. The number of carbonyl (C=O) groups excluding carboxylic acids is 2. The summed E-state index contributed by atoms with van der Waals surface area (Å²) < 4.78 is 0. The number of hydrogen-bond acceptors (Lipinski definition) is 4. The van der Waals surface area contributed by atoms with Crippen molar-refractivity contribution in [1.82, 2.24) is 5.32 Å². The minimum Gasteiger partial charge on any atom is -0.393 e. The lowest BCUT2D eigenvalue weighted by molar-refractivity contribution is -0.174. The van der Waals surface area contributed by atoms with E-state index < -0.39 is 0 Å². The van der Waals surface area contributed by atoms with Crippen LogP contribution in [0.5, 0.6) is 0 Å². The Balaban J connectivity index is 1.44. The van der Waals surface area contributed by atoms with Gasteiger partial charge < -0.3 is 15.5 Å². The molecule has 182 valence electrons. The number of rotatable bonds is 6. The van der Waals surface area contributed by atoms with Crippen molar-refractivity contribution in [2.24, 2.45) is 46.3 Å². The first-order chi connectivity index (χ1) is 15.1. The van der Waals surface area contributed by atoms with Gasteiger partial charge in [-0.3, -0.25) is 9.59 Å². The number of aliphatic hydroxyl groups is 2. The van der Waals surface area contributed by atoms with Gasteiger partial charge in [0.1, 0.15) is 5.78 Å². The van der Waals surface area contributed by atoms with E-state index in [4.69, 9.17) is 0 Å². The number of Topliss-reactive ketones (excluding diaryl/α,β-unsaturated/α-hetero) is 1. The Bertz CT molecular complexity index is 724. The molecule has 3 N–H and O–H groups in total. The molecule has 5 heteroatoms. The fourth-order valence-corrected chi connectivity index (χ4v) is 9.05. The Labute approximate surface area is 194 Å². The number of carbonyl (C=O) groups is 2. The Morgan fingerprint density at radius 3 is 2.41 bits per heavy atom. The van der Waals surface area contributed by atoms with Crippen LogP contribution in [-0.2, 0) is 9.59 Å². The van der Waals surface area contributed by atoms with Crippen molar-refractivity contribution in [2.75, 3.05) is 6.54 Å². The lowest BCUT2D eigenvalue weighted by atomic mass is 9.43. The molecule has 0 bridgehead atoms. The van der Waals surface area contributed by atoms with Crippen LogP contribution in [0.4, 0.5) is 0 Å². The van der Waals surface area contributed by atoms with Gasteiger partial charge in [0.25, 0.3) is 0 Å². The highest BCUT2D eigenvalue weighted by atomic mass is 16.3. The maximum Gasteiger partial charge on any atom is 0.220 e. The van der Waals surface area contributed by atoms with Gasteiger partial charge in [-0.1, -0.05) is 20.8 Å². The smallest absolute Gasteiger partial charge is 0.220 e. The van der Waals surface area contributed by atoms with Gasteiger partial charge in [-0.2, -0.15) is 0 Å². The molecule has 4 aliphatic carbocycles. The van der Waals surface area contributed by atoms with Gasteiger partial charge >= 0.3 is 0 Å². The van der Waals surface area contributed by atoms with Crippen LogP contribution in [0.15, 0.2) is 0 Å². The molecular formula is C27H45NO4. The van der Waals surface area contributed by atoms with Crippen LogP contribution in [0.25, 0.3) is 0 Å². The Hall–Kier alpha value is -0.940. The topological polar surface area (TPSA) is 86.6 Å². The van der Waals surface area contributed by atoms with Crippen molar-refractivity contribution in [3.05, 3.63) is 0 Å². The number of hydrogen-bond donors (Lipinski definition) is 3. The first-order valence-electron chi connectivity index (χ1n) is 13.2. The van der Waals surface area contributed by atoms with E-state index in [-0.39, 0.29) is 41.3 Å². The van der Waals surface area contributed by atoms with E-state index in [1.165, 1.54) is 32.6 Å². The van der Waals surface area contributed by atoms with E-state index in [0.717, 1.165) is 32.1 Å². The van der Waals surface area contributed by atoms with Crippen molar-refractivity contribution in [2.45, 2.75) is 104 Å². The standard InChI is InChI=1S/C27H45NO4/c1-16(5-8-24(32)28-15-17(2)29)20-6-7-21-25-22(10-12-27(20,21)4)26(3)11-9-19(30)13-18(26)14-23(25)31/h16,18-23,25,30-31H,5-15H2,1-4H3,(H,28,32)/t16-,18+,19-,20-,21+,22+,23+,25+,26+,27-/m1/s1. The fourth-order valence-electron chi connectivity index (χ4n) is 9.05. The summed E-state index contributed by atoms with van der Waals surface area (Å²) in [5, 5.41) is 24.3. The molecule has 0 aromatic rings. The Kier molecular flexibility index (Phi) is 6.82. The molecule has 5 nitrogen and oxygen atoms in total. The number of ketones is 1. The van der Waals surface area contributed by atoms with E-state index >= 15 is 0 Å². The normalized spacial score (nSPS) is 46.5. The summed E-state index contributed by atoms with van der Waals surface area (Å²) in [5.41, 5.74) is 0.512. The van der Waals surface area contributed by atoms with Crippen LogP contribution < -0.4 is 5.32 Å². The summed E-state index contributed by atoms with van der Waals surface area (Å²) in [6.07, 6.45) is 9.49. The molecule has 4 fully saturated rings. The molecule has 4 aliphatic rings. The van der Waals surface area contributed by atoms with Crippen molar-refractivity contribution in [1.29, 1.82) is 0 Å². The highest BCUT2D eigenvalue weighted by Gasteiger charge is 2.62. The first-order valence-corrected chi connectivity index (χ1v) is 13.2. The molecule has 4 rings (SSSR count). The quantitative estimate of drug-likeness (QED) is 0.572. The zero-order valence-electron chi connectivity index (χ0n) is 20.6.